The lowest BCUT2D eigenvalue weighted by Crippen LogP contribution is -2.33. The van der Waals surface area contributed by atoms with Crippen molar-refractivity contribution in [2.24, 2.45) is 0 Å². The first-order chi connectivity index (χ1) is 16.7. The maximum atomic E-state index is 12.4. The summed E-state index contributed by atoms with van der Waals surface area (Å²) in [7, 11) is -2.66. The Bertz CT molecular complexity index is 1410. The topological polar surface area (TPSA) is 118 Å². The lowest BCUT2D eigenvalue weighted by Gasteiger charge is -2.14. The fraction of sp³-hybridized carbons (Fsp3) is 0.320. The van der Waals surface area contributed by atoms with Crippen molar-refractivity contribution in [3.8, 4) is 32.8 Å². The highest BCUT2D eigenvalue weighted by Crippen LogP contribution is 2.41. The Balaban J connectivity index is 1.60. The number of nitrogens with one attached hydrogen (secondary N) is 1. The number of thiazole rings is 1. The molecule has 1 unspecified atom stereocenters. The fourth-order valence-electron chi connectivity index (χ4n) is 4.12. The number of carbonyl (C=O) groups is 1. The highest BCUT2D eigenvalue weighted by atomic mass is 32.2. The van der Waals surface area contributed by atoms with Crippen LogP contribution in [0.5, 0.6) is 5.75 Å². The minimum Gasteiger partial charge on any atom is -0.490 e. The molecule has 1 N–H and O–H groups in total. The minimum atomic E-state index is -3.82. The minimum absolute atomic E-state index is 0.0339. The molecule has 1 aliphatic carbocycles. The molecule has 8 nitrogen and oxygen atoms in total. The summed E-state index contributed by atoms with van der Waals surface area (Å²) in [4.78, 5) is 17.0. The molecule has 0 spiro atoms. The smallest absolute Gasteiger partial charge is 0.322 e. The van der Waals surface area contributed by atoms with Gasteiger partial charge >= 0.3 is 5.97 Å². The number of nitriles is 1. The second-order valence-corrected chi connectivity index (χ2v) is 11.2. The normalized spacial score (nSPS) is 15.0. The van der Waals surface area contributed by atoms with Crippen LogP contribution in [0.2, 0.25) is 0 Å². The van der Waals surface area contributed by atoms with Crippen LogP contribution in [-0.4, -0.2) is 38.3 Å². The third-order valence-corrected chi connectivity index (χ3v) is 7.95. The zero-order valence-electron chi connectivity index (χ0n) is 19.6. The van der Waals surface area contributed by atoms with E-state index in [1.54, 1.807) is 18.3 Å². The number of methoxy groups -OCH3 is 1. The van der Waals surface area contributed by atoms with Crippen molar-refractivity contribution in [1.82, 2.24) is 9.71 Å². The van der Waals surface area contributed by atoms with E-state index >= 15 is 0 Å². The first-order valence-corrected chi connectivity index (χ1v) is 13.5. The summed E-state index contributed by atoms with van der Waals surface area (Å²) in [5, 5.41) is 10.3. The van der Waals surface area contributed by atoms with Gasteiger partial charge in [-0.3, -0.25) is 4.79 Å². The lowest BCUT2D eigenvalue weighted by atomic mass is 10.0. The van der Waals surface area contributed by atoms with E-state index in [2.05, 4.69) is 20.5 Å². The van der Waals surface area contributed by atoms with Gasteiger partial charge in [0.05, 0.1) is 23.7 Å². The van der Waals surface area contributed by atoms with Gasteiger partial charge < -0.3 is 9.47 Å². The van der Waals surface area contributed by atoms with E-state index in [1.807, 2.05) is 38.1 Å². The van der Waals surface area contributed by atoms with Crippen LogP contribution in [0.3, 0.4) is 0 Å². The highest BCUT2D eigenvalue weighted by molar-refractivity contribution is 7.90. The third kappa shape index (κ3) is 5.53. The molecular weight excluding hydrogens is 486 g/mol. The van der Waals surface area contributed by atoms with Gasteiger partial charge in [-0.2, -0.15) is 5.26 Å². The molecular formula is C25H25N3O5S2. The predicted octanol–water partition coefficient (Wildman–Crippen LogP) is 4.22. The molecule has 0 saturated heterocycles. The Labute approximate surface area is 208 Å². The number of carbonyl (C=O) groups excluding carboxylic acids is 1. The Morgan fingerprint density at radius 3 is 2.83 bits per heavy atom. The number of nitrogens with zero attached hydrogens (tertiary/aromatic N) is 2. The first-order valence-electron chi connectivity index (χ1n) is 11.1. The molecule has 1 aromatic heterocycles. The summed E-state index contributed by atoms with van der Waals surface area (Å²) in [6, 6.07) is 13.1. The molecule has 1 aliphatic rings. The predicted molar refractivity (Wildman–Crippen MR) is 133 cm³/mol. The van der Waals surface area contributed by atoms with Crippen LogP contribution in [0.25, 0.3) is 21.0 Å². The van der Waals surface area contributed by atoms with Crippen LogP contribution in [0.1, 0.15) is 43.0 Å². The van der Waals surface area contributed by atoms with Gasteiger partial charge in [-0.1, -0.05) is 18.2 Å². The number of rotatable bonds is 8. The maximum Gasteiger partial charge on any atom is 0.322 e. The summed E-state index contributed by atoms with van der Waals surface area (Å²) < 4.78 is 37.6. The van der Waals surface area contributed by atoms with Gasteiger partial charge in [0.25, 0.3) is 0 Å². The molecule has 0 aliphatic heterocycles. The molecule has 3 aromatic rings. The van der Waals surface area contributed by atoms with Gasteiger partial charge in [-0.05, 0) is 61.6 Å². The quantitative estimate of drug-likeness (QED) is 0.450. The molecule has 10 heteroatoms. The molecule has 2 aromatic carbocycles. The molecule has 1 heterocycles. The summed E-state index contributed by atoms with van der Waals surface area (Å²) in [6.45, 7) is 3.82. The average Bonchev–Trinajstić information content (AvgIpc) is 3.46. The Kier molecular flexibility index (Phi) is 7.21. The number of hydrogen-bond acceptors (Lipinski definition) is 8. The van der Waals surface area contributed by atoms with Crippen LogP contribution in [0, 0.1) is 11.3 Å². The number of hydrogen-bond donors (Lipinski definition) is 1. The molecule has 35 heavy (non-hydrogen) atoms. The van der Waals surface area contributed by atoms with E-state index < -0.39 is 27.8 Å². The number of benzene rings is 2. The fourth-order valence-corrected chi connectivity index (χ4v) is 6.27. The number of sulfonamides is 1. The van der Waals surface area contributed by atoms with Gasteiger partial charge in [0.2, 0.25) is 10.0 Å². The second kappa shape index (κ2) is 10.2. The van der Waals surface area contributed by atoms with Gasteiger partial charge in [-0.15, -0.1) is 11.3 Å². The summed E-state index contributed by atoms with van der Waals surface area (Å²) in [5.74, 6) is -0.964. The average molecular weight is 512 g/mol. The zero-order valence-corrected chi connectivity index (χ0v) is 21.2. The maximum absolute atomic E-state index is 12.4. The van der Waals surface area contributed by atoms with Crippen molar-refractivity contribution in [3.63, 3.8) is 0 Å². The van der Waals surface area contributed by atoms with E-state index in [1.165, 1.54) is 11.3 Å². The van der Waals surface area contributed by atoms with E-state index in [0.29, 0.717) is 24.2 Å². The molecule has 0 fully saturated rings. The molecule has 4 rings (SSSR count). The molecule has 0 bridgehead atoms. The van der Waals surface area contributed by atoms with Crippen LogP contribution in [0.15, 0.2) is 42.6 Å². The Morgan fingerprint density at radius 1 is 1.31 bits per heavy atom. The van der Waals surface area contributed by atoms with E-state index in [-0.39, 0.29) is 6.10 Å². The van der Waals surface area contributed by atoms with Crippen molar-refractivity contribution >= 4 is 27.3 Å². The van der Waals surface area contributed by atoms with E-state index in [4.69, 9.17) is 4.74 Å². The van der Waals surface area contributed by atoms with Crippen LogP contribution >= 0.6 is 11.3 Å². The molecule has 0 saturated carbocycles. The second-order valence-electron chi connectivity index (χ2n) is 8.44. The van der Waals surface area contributed by atoms with Gasteiger partial charge in [0.15, 0.2) is 5.75 Å². The Hall–Kier alpha value is -3.26. The van der Waals surface area contributed by atoms with Gasteiger partial charge in [-0.25, -0.2) is 18.1 Å². The van der Waals surface area contributed by atoms with Crippen molar-refractivity contribution in [3.05, 3.63) is 59.3 Å². The molecule has 0 amide bonds. The van der Waals surface area contributed by atoms with E-state index in [0.717, 1.165) is 39.2 Å². The number of esters is 1. The van der Waals surface area contributed by atoms with Crippen molar-refractivity contribution in [1.29, 1.82) is 5.26 Å². The van der Waals surface area contributed by atoms with E-state index in [9.17, 15) is 18.5 Å². The summed E-state index contributed by atoms with van der Waals surface area (Å²) >= 11 is 1.51. The number of ether oxygens (including phenoxy) is 2. The van der Waals surface area contributed by atoms with Crippen LogP contribution in [-0.2, 0) is 26.0 Å². The number of aromatic nitrogens is 1. The third-order valence-electron chi connectivity index (χ3n) is 5.61. The monoisotopic (exact) mass is 511 g/mol. The zero-order chi connectivity index (χ0) is 25.2. The lowest BCUT2D eigenvalue weighted by molar-refractivity contribution is -0.137. The molecule has 182 valence electrons. The van der Waals surface area contributed by atoms with Crippen LogP contribution in [0.4, 0.5) is 0 Å². The van der Waals surface area contributed by atoms with Crippen molar-refractivity contribution < 1.29 is 22.7 Å². The van der Waals surface area contributed by atoms with Crippen molar-refractivity contribution in [2.75, 3.05) is 12.9 Å². The van der Waals surface area contributed by atoms with Gasteiger partial charge in [0, 0.05) is 17.8 Å². The number of fused-ring (bicyclic) bond motifs is 1. The molecule has 1 atom stereocenters. The molecule has 0 radical (unpaired) electrons. The van der Waals surface area contributed by atoms with Crippen molar-refractivity contribution in [2.45, 2.75) is 38.8 Å². The Morgan fingerprint density at radius 2 is 2.11 bits per heavy atom. The highest BCUT2D eigenvalue weighted by Gasteiger charge is 2.30. The summed E-state index contributed by atoms with van der Waals surface area (Å²) in [6.07, 6.45) is 3.06. The summed E-state index contributed by atoms with van der Waals surface area (Å²) in [5.41, 5.74) is 4.24. The van der Waals surface area contributed by atoms with Gasteiger partial charge in [0.1, 0.15) is 16.8 Å². The van der Waals surface area contributed by atoms with Crippen LogP contribution < -0.4 is 9.46 Å². The first kappa shape index (κ1) is 24.9. The largest absolute Gasteiger partial charge is 0.490 e. The standard InChI is InChI=1S/C25H25N3O5S2/c1-15(2)33-22-10-7-16(11-17(22)12-26)25-27-13-23(34-25)20-6-4-5-19-18(20)8-9-21(19)28-35(30,31)14-24(29)32-3/h4-7,10-11,13,15,21,28H,8-9,14H2,1-3H3. The SMILES string of the molecule is COC(=O)CS(=O)(=O)NC1CCc2c(-c3cnc(-c4ccc(OC(C)C)c(C#N)c4)s3)cccc21.